The lowest BCUT2D eigenvalue weighted by Crippen LogP contribution is -2.40. The van der Waals surface area contributed by atoms with Crippen LogP contribution in [0.25, 0.3) is 0 Å². The molecule has 202 valence electrons. The first-order chi connectivity index (χ1) is 18.1. The fourth-order valence-electron chi connectivity index (χ4n) is 4.17. The molecule has 1 N–H and O–H groups in total. The van der Waals surface area contributed by atoms with E-state index < -0.39 is 26.0 Å². The molecule has 9 nitrogen and oxygen atoms in total. The number of carbonyl (C=O) groups excluding carboxylic acids is 1. The zero-order valence-corrected chi connectivity index (χ0v) is 23.3. The molecule has 3 aromatic rings. The normalized spacial score (nSPS) is 14.7. The minimum atomic E-state index is -4.09. The van der Waals surface area contributed by atoms with E-state index in [4.69, 9.17) is 16.3 Å². The summed E-state index contributed by atoms with van der Waals surface area (Å²) in [6.45, 7) is 4.63. The van der Waals surface area contributed by atoms with Gasteiger partial charge in [-0.25, -0.2) is 16.8 Å². The second-order valence-electron chi connectivity index (χ2n) is 8.60. The highest BCUT2D eigenvalue weighted by Gasteiger charge is 2.29. The first kappa shape index (κ1) is 28.1. The molecule has 0 unspecified atom stereocenters. The highest BCUT2D eigenvalue weighted by molar-refractivity contribution is 7.93. The number of anilines is 2. The number of amides is 1. The molecular weight excluding hydrogens is 550 g/mol. The van der Waals surface area contributed by atoms with Crippen LogP contribution < -0.4 is 9.62 Å². The highest BCUT2D eigenvalue weighted by Crippen LogP contribution is 2.31. The van der Waals surface area contributed by atoms with Crippen LogP contribution in [0.3, 0.4) is 0 Å². The molecule has 0 saturated carbocycles. The van der Waals surface area contributed by atoms with E-state index >= 15 is 0 Å². The van der Waals surface area contributed by atoms with E-state index in [1.165, 1.54) is 38.9 Å². The van der Waals surface area contributed by atoms with Crippen LogP contribution in [0.1, 0.15) is 22.8 Å². The summed E-state index contributed by atoms with van der Waals surface area (Å²) in [6, 6.07) is 17.2. The van der Waals surface area contributed by atoms with Crippen LogP contribution in [0, 0.1) is 6.92 Å². The summed E-state index contributed by atoms with van der Waals surface area (Å²) in [6.07, 6.45) is 0. The van der Waals surface area contributed by atoms with Crippen LogP contribution in [0.4, 0.5) is 11.4 Å². The van der Waals surface area contributed by atoms with Gasteiger partial charge in [0.15, 0.2) is 0 Å². The van der Waals surface area contributed by atoms with Crippen LogP contribution >= 0.6 is 11.6 Å². The molecule has 3 aromatic carbocycles. The Morgan fingerprint density at radius 3 is 2.34 bits per heavy atom. The van der Waals surface area contributed by atoms with Crippen LogP contribution in [-0.2, 0) is 24.8 Å². The number of ether oxygens (including phenoxy) is 1. The van der Waals surface area contributed by atoms with Crippen molar-refractivity contribution in [2.75, 3.05) is 42.5 Å². The van der Waals surface area contributed by atoms with E-state index in [0.29, 0.717) is 24.5 Å². The third-order valence-corrected chi connectivity index (χ3v) is 10.4. The Kier molecular flexibility index (Phi) is 8.43. The van der Waals surface area contributed by atoms with Gasteiger partial charge in [-0.1, -0.05) is 35.9 Å². The van der Waals surface area contributed by atoms with Crippen molar-refractivity contribution in [2.45, 2.75) is 23.6 Å². The molecule has 1 saturated heterocycles. The number of morpholine rings is 1. The summed E-state index contributed by atoms with van der Waals surface area (Å²) in [4.78, 5) is 13.1. The van der Waals surface area contributed by atoms with Crippen LogP contribution in [0.2, 0.25) is 5.02 Å². The standard InChI is InChI=1S/C26H28ClN3O6S2/c1-3-30(21-9-5-4-6-10-21)38(34,35)25-18-23(19(2)16-24(25)27)26(31)28-20-8-7-11-22(17-20)37(32,33)29-12-14-36-15-13-29/h4-11,16-18H,3,12-15H2,1-2H3,(H,28,31). The van der Waals surface area contributed by atoms with E-state index in [0.717, 1.165) is 0 Å². The Morgan fingerprint density at radius 2 is 1.68 bits per heavy atom. The zero-order valence-electron chi connectivity index (χ0n) is 20.9. The summed E-state index contributed by atoms with van der Waals surface area (Å²) in [5, 5.41) is 2.68. The van der Waals surface area contributed by atoms with E-state index in [2.05, 4.69) is 5.32 Å². The molecule has 0 radical (unpaired) electrons. The van der Waals surface area contributed by atoms with Gasteiger partial charge in [0.2, 0.25) is 10.0 Å². The van der Waals surface area contributed by atoms with Gasteiger partial charge in [-0.05, 0) is 61.9 Å². The van der Waals surface area contributed by atoms with E-state index in [1.807, 2.05) is 0 Å². The number of aryl methyl sites for hydroxylation is 1. The quantitative estimate of drug-likeness (QED) is 0.430. The lowest BCUT2D eigenvalue weighted by molar-refractivity contribution is 0.0730. The van der Waals surface area contributed by atoms with Gasteiger partial charge in [-0.3, -0.25) is 9.10 Å². The van der Waals surface area contributed by atoms with Gasteiger partial charge in [0.25, 0.3) is 15.9 Å². The summed E-state index contributed by atoms with van der Waals surface area (Å²) < 4.78 is 61.0. The van der Waals surface area contributed by atoms with Crippen molar-refractivity contribution in [1.82, 2.24) is 4.31 Å². The van der Waals surface area contributed by atoms with E-state index in [-0.39, 0.29) is 45.7 Å². The molecule has 12 heteroatoms. The summed E-state index contributed by atoms with van der Waals surface area (Å²) in [7, 11) is -7.86. The van der Waals surface area contributed by atoms with Gasteiger partial charge in [-0.2, -0.15) is 4.31 Å². The van der Waals surface area contributed by atoms with Crippen LogP contribution in [-0.4, -0.2) is 59.9 Å². The number of hydrogen-bond donors (Lipinski definition) is 1. The third kappa shape index (κ3) is 5.71. The van der Waals surface area contributed by atoms with Crippen molar-refractivity contribution in [3.63, 3.8) is 0 Å². The molecule has 1 heterocycles. The third-order valence-electron chi connectivity index (χ3n) is 6.12. The fraction of sp³-hybridized carbons (Fsp3) is 0.269. The van der Waals surface area contributed by atoms with Crippen LogP contribution in [0.5, 0.6) is 0 Å². The zero-order chi connectivity index (χ0) is 27.5. The van der Waals surface area contributed by atoms with Crippen molar-refractivity contribution in [3.8, 4) is 0 Å². The number of sulfonamides is 2. The maximum Gasteiger partial charge on any atom is 0.265 e. The molecule has 38 heavy (non-hydrogen) atoms. The number of benzene rings is 3. The molecule has 4 rings (SSSR count). The van der Waals surface area contributed by atoms with Crippen molar-refractivity contribution >= 4 is 48.9 Å². The Morgan fingerprint density at radius 1 is 1.00 bits per heavy atom. The molecule has 1 fully saturated rings. The van der Waals surface area contributed by atoms with Gasteiger partial charge in [0.1, 0.15) is 4.90 Å². The van der Waals surface area contributed by atoms with E-state index in [1.54, 1.807) is 50.2 Å². The Labute approximate surface area is 228 Å². The lowest BCUT2D eigenvalue weighted by Gasteiger charge is -2.26. The molecule has 0 aromatic heterocycles. The number of nitrogens with zero attached hydrogens (tertiary/aromatic N) is 2. The smallest absolute Gasteiger partial charge is 0.265 e. The molecule has 1 aliphatic heterocycles. The van der Waals surface area contributed by atoms with Crippen LogP contribution in [0.15, 0.2) is 76.5 Å². The molecular formula is C26H28ClN3O6S2. The predicted molar refractivity (Wildman–Crippen MR) is 147 cm³/mol. The fourth-order valence-corrected chi connectivity index (χ4v) is 7.68. The Balaban J connectivity index is 1.64. The number of nitrogens with one attached hydrogen (secondary N) is 1. The SMILES string of the molecule is CCN(c1ccccc1)S(=O)(=O)c1cc(C(=O)Nc2cccc(S(=O)(=O)N3CCOCC3)c2)c(C)cc1Cl. The van der Waals surface area contributed by atoms with E-state index in [9.17, 15) is 21.6 Å². The lowest BCUT2D eigenvalue weighted by atomic mass is 10.1. The second kappa shape index (κ2) is 11.4. The first-order valence-corrected chi connectivity index (χ1v) is 15.2. The predicted octanol–water partition coefficient (Wildman–Crippen LogP) is 4.14. The molecule has 1 aliphatic rings. The average Bonchev–Trinajstić information content (AvgIpc) is 2.90. The molecule has 0 aliphatic carbocycles. The number of para-hydroxylation sites is 1. The minimum absolute atomic E-state index is 0.00738. The Hall–Kier alpha value is -2.96. The minimum Gasteiger partial charge on any atom is -0.379 e. The van der Waals surface area contributed by atoms with Gasteiger partial charge >= 0.3 is 0 Å². The second-order valence-corrected chi connectivity index (χ2v) is 12.8. The molecule has 1 amide bonds. The number of rotatable bonds is 8. The summed E-state index contributed by atoms with van der Waals surface area (Å²) >= 11 is 6.37. The van der Waals surface area contributed by atoms with Gasteiger partial charge in [0, 0.05) is 30.9 Å². The maximum atomic E-state index is 13.6. The average molecular weight is 578 g/mol. The van der Waals surface area contributed by atoms with Gasteiger partial charge in [0.05, 0.1) is 28.8 Å². The number of carbonyl (C=O) groups is 1. The van der Waals surface area contributed by atoms with Crippen molar-refractivity contribution in [1.29, 1.82) is 0 Å². The molecule has 0 bridgehead atoms. The number of halogens is 1. The highest BCUT2D eigenvalue weighted by atomic mass is 35.5. The largest absolute Gasteiger partial charge is 0.379 e. The first-order valence-electron chi connectivity index (χ1n) is 11.9. The van der Waals surface area contributed by atoms with Crippen molar-refractivity contribution in [2.24, 2.45) is 0 Å². The van der Waals surface area contributed by atoms with Gasteiger partial charge in [-0.15, -0.1) is 0 Å². The number of hydrogen-bond acceptors (Lipinski definition) is 6. The Bertz CT molecular complexity index is 1540. The summed E-state index contributed by atoms with van der Waals surface area (Å²) in [5.41, 5.74) is 1.28. The summed E-state index contributed by atoms with van der Waals surface area (Å²) in [5.74, 6) is -0.598. The topological polar surface area (TPSA) is 113 Å². The monoisotopic (exact) mass is 577 g/mol. The van der Waals surface area contributed by atoms with Crippen molar-refractivity contribution < 1.29 is 26.4 Å². The molecule has 0 atom stereocenters. The molecule has 0 spiro atoms. The maximum absolute atomic E-state index is 13.6. The van der Waals surface area contributed by atoms with Crippen molar-refractivity contribution in [3.05, 3.63) is 82.9 Å². The van der Waals surface area contributed by atoms with Gasteiger partial charge < -0.3 is 10.1 Å².